The molecule has 0 bridgehead atoms. The summed E-state index contributed by atoms with van der Waals surface area (Å²) < 4.78 is 16.0. The van der Waals surface area contributed by atoms with Crippen LogP contribution >= 0.6 is 35.7 Å². The number of rotatable bonds is 8. The standard InChI is InChI=1S/C21H31FN6S.HI/c1-15-10-11-16(13-18(15)22)14-25-20(23-2)24-12-6-9-19-26-27-21(29-3)28(19)17-7-4-5-8-17;/h10-11,13,17H,4-9,12,14H2,1-3H3,(H2,23,24,25);1H. The third-order valence-corrected chi connectivity index (χ3v) is 6.04. The number of guanidine groups is 1. The van der Waals surface area contributed by atoms with E-state index in [1.165, 1.54) is 25.7 Å². The molecule has 1 aromatic carbocycles. The Balaban J connectivity index is 0.00000320. The number of nitrogens with zero attached hydrogens (tertiary/aromatic N) is 4. The minimum atomic E-state index is -0.178. The summed E-state index contributed by atoms with van der Waals surface area (Å²) in [6.45, 7) is 3.08. The van der Waals surface area contributed by atoms with Crippen LogP contribution in [0.15, 0.2) is 28.3 Å². The van der Waals surface area contributed by atoms with Crippen LogP contribution in [0.1, 0.15) is 55.1 Å². The minimum absolute atomic E-state index is 0. The molecule has 0 spiro atoms. The van der Waals surface area contributed by atoms with Crippen LogP contribution in [-0.2, 0) is 13.0 Å². The van der Waals surface area contributed by atoms with Crippen molar-refractivity contribution in [1.82, 2.24) is 25.4 Å². The van der Waals surface area contributed by atoms with Crippen LogP contribution in [0.5, 0.6) is 0 Å². The molecule has 166 valence electrons. The molecule has 1 aliphatic rings. The van der Waals surface area contributed by atoms with Gasteiger partial charge in [-0.1, -0.05) is 36.7 Å². The van der Waals surface area contributed by atoms with Gasteiger partial charge in [-0.15, -0.1) is 34.2 Å². The van der Waals surface area contributed by atoms with Crippen molar-refractivity contribution in [3.8, 4) is 0 Å². The number of benzene rings is 1. The summed E-state index contributed by atoms with van der Waals surface area (Å²) in [4.78, 5) is 4.25. The summed E-state index contributed by atoms with van der Waals surface area (Å²) in [5.41, 5.74) is 1.55. The van der Waals surface area contributed by atoms with Crippen molar-refractivity contribution in [2.45, 2.75) is 63.2 Å². The summed E-state index contributed by atoms with van der Waals surface area (Å²) >= 11 is 1.68. The molecule has 0 unspecified atom stereocenters. The zero-order chi connectivity index (χ0) is 20.6. The molecule has 0 atom stereocenters. The molecule has 1 saturated carbocycles. The molecule has 30 heavy (non-hydrogen) atoms. The fraction of sp³-hybridized carbons (Fsp3) is 0.571. The van der Waals surface area contributed by atoms with Crippen molar-refractivity contribution in [1.29, 1.82) is 0 Å². The number of halogens is 2. The summed E-state index contributed by atoms with van der Waals surface area (Å²) in [6, 6.07) is 5.85. The highest BCUT2D eigenvalue weighted by atomic mass is 127. The topological polar surface area (TPSA) is 67.1 Å². The normalized spacial score (nSPS) is 14.6. The number of thioether (sulfide) groups is 1. The van der Waals surface area contributed by atoms with Gasteiger partial charge in [-0.3, -0.25) is 4.99 Å². The van der Waals surface area contributed by atoms with Crippen LogP contribution < -0.4 is 10.6 Å². The highest BCUT2D eigenvalue weighted by molar-refractivity contribution is 14.0. The zero-order valence-corrected chi connectivity index (χ0v) is 21.1. The molecule has 1 heterocycles. The van der Waals surface area contributed by atoms with Crippen molar-refractivity contribution < 1.29 is 4.39 Å². The van der Waals surface area contributed by atoms with Crippen LogP contribution in [0.3, 0.4) is 0 Å². The van der Waals surface area contributed by atoms with Gasteiger partial charge in [-0.2, -0.15) is 0 Å². The van der Waals surface area contributed by atoms with E-state index >= 15 is 0 Å². The monoisotopic (exact) mass is 546 g/mol. The summed E-state index contributed by atoms with van der Waals surface area (Å²) in [7, 11) is 1.74. The first-order valence-corrected chi connectivity index (χ1v) is 11.5. The van der Waals surface area contributed by atoms with Crippen molar-refractivity contribution >= 4 is 41.7 Å². The lowest BCUT2D eigenvalue weighted by atomic mass is 10.1. The van der Waals surface area contributed by atoms with Gasteiger partial charge in [0.05, 0.1) is 0 Å². The Morgan fingerprint density at radius 1 is 1.27 bits per heavy atom. The van der Waals surface area contributed by atoms with Gasteiger partial charge >= 0.3 is 0 Å². The molecule has 9 heteroatoms. The molecule has 3 rings (SSSR count). The van der Waals surface area contributed by atoms with E-state index in [1.807, 2.05) is 6.07 Å². The van der Waals surface area contributed by atoms with Crippen LogP contribution in [-0.4, -0.2) is 40.6 Å². The first kappa shape index (κ1) is 24.9. The second-order valence-corrected chi connectivity index (χ2v) is 8.22. The maximum atomic E-state index is 13.7. The Hall–Kier alpha value is -1.36. The van der Waals surface area contributed by atoms with Gasteiger partial charge in [-0.05, 0) is 49.6 Å². The van der Waals surface area contributed by atoms with Crippen molar-refractivity contribution in [2.75, 3.05) is 19.8 Å². The van der Waals surface area contributed by atoms with Crippen LogP contribution in [0.2, 0.25) is 0 Å². The summed E-state index contributed by atoms with van der Waals surface area (Å²) in [5.74, 6) is 1.62. The smallest absolute Gasteiger partial charge is 0.191 e. The minimum Gasteiger partial charge on any atom is -0.356 e. The van der Waals surface area contributed by atoms with Gasteiger partial charge in [-0.25, -0.2) is 4.39 Å². The van der Waals surface area contributed by atoms with Crippen molar-refractivity contribution in [3.63, 3.8) is 0 Å². The van der Waals surface area contributed by atoms with Gasteiger partial charge in [0, 0.05) is 32.6 Å². The van der Waals surface area contributed by atoms with Crippen molar-refractivity contribution in [2.24, 2.45) is 4.99 Å². The van der Waals surface area contributed by atoms with E-state index in [-0.39, 0.29) is 29.8 Å². The Kier molecular flexibility index (Phi) is 10.4. The predicted molar refractivity (Wildman–Crippen MR) is 132 cm³/mol. The predicted octanol–water partition coefficient (Wildman–Crippen LogP) is 4.48. The van der Waals surface area contributed by atoms with Crippen LogP contribution in [0, 0.1) is 12.7 Å². The zero-order valence-electron chi connectivity index (χ0n) is 17.9. The molecule has 0 amide bonds. The van der Waals surface area contributed by atoms with Gasteiger partial charge < -0.3 is 15.2 Å². The third-order valence-electron chi connectivity index (χ3n) is 5.40. The number of hydrogen-bond donors (Lipinski definition) is 2. The first-order valence-electron chi connectivity index (χ1n) is 10.3. The molecule has 0 radical (unpaired) electrons. The molecular formula is C21H32FIN6S. The fourth-order valence-electron chi connectivity index (χ4n) is 3.75. The SMILES string of the molecule is CN=C(NCCCc1nnc(SC)n1C1CCCC1)NCc1ccc(C)c(F)c1.I. The average Bonchev–Trinajstić information content (AvgIpc) is 3.39. The quantitative estimate of drug-likeness (QED) is 0.168. The largest absolute Gasteiger partial charge is 0.356 e. The summed E-state index contributed by atoms with van der Waals surface area (Å²) in [6.07, 6.45) is 8.95. The number of aryl methyl sites for hydroxylation is 2. The lowest BCUT2D eigenvalue weighted by Crippen LogP contribution is -2.37. The highest BCUT2D eigenvalue weighted by Crippen LogP contribution is 2.33. The van der Waals surface area contributed by atoms with E-state index in [1.54, 1.807) is 37.9 Å². The first-order chi connectivity index (χ1) is 14.1. The molecule has 1 aliphatic carbocycles. The molecule has 2 aromatic rings. The number of aliphatic imine (C=N–C) groups is 1. The molecule has 0 aliphatic heterocycles. The van der Waals surface area contributed by atoms with E-state index in [2.05, 4.69) is 36.6 Å². The Morgan fingerprint density at radius 3 is 2.70 bits per heavy atom. The molecule has 1 aromatic heterocycles. The maximum Gasteiger partial charge on any atom is 0.191 e. The molecule has 2 N–H and O–H groups in total. The number of hydrogen-bond acceptors (Lipinski definition) is 4. The van der Waals surface area contributed by atoms with Crippen LogP contribution in [0.25, 0.3) is 0 Å². The second kappa shape index (κ2) is 12.5. The van der Waals surface area contributed by atoms with Gasteiger partial charge in [0.15, 0.2) is 11.1 Å². The van der Waals surface area contributed by atoms with E-state index in [9.17, 15) is 4.39 Å². The molecular weight excluding hydrogens is 514 g/mol. The highest BCUT2D eigenvalue weighted by Gasteiger charge is 2.23. The number of nitrogens with one attached hydrogen (secondary N) is 2. The lowest BCUT2D eigenvalue weighted by Gasteiger charge is -2.16. The molecule has 6 nitrogen and oxygen atoms in total. The third kappa shape index (κ3) is 6.57. The Morgan fingerprint density at radius 2 is 2.03 bits per heavy atom. The number of aromatic nitrogens is 3. The van der Waals surface area contributed by atoms with E-state index in [4.69, 9.17) is 0 Å². The Labute approximate surface area is 199 Å². The van der Waals surface area contributed by atoms with Gasteiger partial charge in [0.1, 0.15) is 11.6 Å². The van der Waals surface area contributed by atoms with Crippen molar-refractivity contribution in [3.05, 3.63) is 41.0 Å². The fourth-order valence-corrected chi connectivity index (χ4v) is 4.33. The Bertz CT molecular complexity index is 835. The molecule has 1 fully saturated rings. The van der Waals surface area contributed by atoms with E-state index in [0.717, 1.165) is 35.9 Å². The molecule has 0 saturated heterocycles. The average molecular weight is 546 g/mol. The summed E-state index contributed by atoms with van der Waals surface area (Å²) in [5, 5.41) is 16.4. The van der Waals surface area contributed by atoms with Gasteiger partial charge in [0.2, 0.25) is 0 Å². The lowest BCUT2D eigenvalue weighted by molar-refractivity contribution is 0.460. The van der Waals surface area contributed by atoms with E-state index in [0.29, 0.717) is 24.1 Å². The maximum absolute atomic E-state index is 13.7. The van der Waals surface area contributed by atoms with E-state index < -0.39 is 0 Å². The van der Waals surface area contributed by atoms with Gasteiger partial charge in [0.25, 0.3) is 0 Å². The second-order valence-electron chi connectivity index (χ2n) is 7.45. The van der Waals surface area contributed by atoms with Crippen LogP contribution in [0.4, 0.5) is 4.39 Å².